The molecule has 21 heavy (non-hydrogen) atoms. The Morgan fingerprint density at radius 1 is 1.10 bits per heavy atom. The lowest BCUT2D eigenvalue weighted by molar-refractivity contribution is -0.00578. The van der Waals surface area contributed by atoms with Crippen molar-refractivity contribution in [2.75, 3.05) is 0 Å². The number of hydrogen-bond donors (Lipinski definition) is 1. The fourth-order valence-electron chi connectivity index (χ4n) is 2.18. The van der Waals surface area contributed by atoms with Crippen LogP contribution in [0.1, 0.15) is 73.6 Å². The van der Waals surface area contributed by atoms with Gasteiger partial charge in [-0.2, -0.15) is 0 Å². The molecule has 0 aliphatic heterocycles. The van der Waals surface area contributed by atoms with Crippen molar-refractivity contribution in [3.8, 4) is 0 Å². The highest BCUT2D eigenvalue weighted by molar-refractivity contribution is 6.02. The number of carboxylic acids is 1. The molecule has 1 aromatic carbocycles. The summed E-state index contributed by atoms with van der Waals surface area (Å²) < 4.78 is 5.49. The van der Waals surface area contributed by atoms with Crippen molar-refractivity contribution in [2.24, 2.45) is 0 Å². The molecule has 0 amide bonds. The molecule has 0 unspecified atom stereocenters. The molecule has 0 atom stereocenters. The molecule has 4 heteroatoms. The number of rotatable bonds is 8. The minimum absolute atomic E-state index is 0.0238. The molecule has 0 aliphatic carbocycles. The molecule has 0 radical (unpaired) electrons. The van der Waals surface area contributed by atoms with E-state index in [0.29, 0.717) is 0 Å². The molecule has 1 rings (SSSR count). The minimum Gasteiger partial charge on any atom is -0.478 e. The maximum Gasteiger partial charge on any atom is 0.339 e. The van der Waals surface area contributed by atoms with Gasteiger partial charge < -0.3 is 9.84 Å². The summed E-state index contributed by atoms with van der Waals surface area (Å²) in [6, 6.07) is 6.12. The number of unbranched alkanes of at least 4 members (excludes halogenated alkanes) is 3. The van der Waals surface area contributed by atoms with Crippen molar-refractivity contribution in [3.05, 3.63) is 35.4 Å². The van der Waals surface area contributed by atoms with E-state index in [9.17, 15) is 9.59 Å². The van der Waals surface area contributed by atoms with Gasteiger partial charge in [0.1, 0.15) is 5.60 Å². The quantitative estimate of drug-likeness (QED) is 0.573. The van der Waals surface area contributed by atoms with Crippen LogP contribution in [0.25, 0.3) is 0 Å². The lowest BCUT2D eigenvalue weighted by Gasteiger charge is -2.25. The van der Waals surface area contributed by atoms with Crippen molar-refractivity contribution >= 4 is 11.9 Å². The number of esters is 1. The topological polar surface area (TPSA) is 63.6 Å². The number of carbonyl (C=O) groups is 2. The van der Waals surface area contributed by atoms with E-state index in [1.54, 1.807) is 12.1 Å². The third-order valence-corrected chi connectivity index (χ3v) is 3.38. The van der Waals surface area contributed by atoms with Gasteiger partial charge in [0.2, 0.25) is 0 Å². The summed E-state index contributed by atoms with van der Waals surface area (Å²) >= 11 is 0. The molecule has 1 aromatic rings. The first kappa shape index (κ1) is 17.2. The van der Waals surface area contributed by atoms with Crippen LogP contribution in [0.4, 0.5) is 0 Å². The molecule has 0 saturated carbocycles. The van der Waals surface area contributed by atoms with E-state index < -0.39 is 17.5 Å². The second-order valence-corrected chi connectivity index (χ2v) is 5.81. The van der Waals surface area contributed by atoms with E-state index in [1.165, 1.54) is 18.6 Å². The van der Waals surface area contributed by atoms with Gasteiger partial charge >= 0.3 is 11.9 Å². The van der Waals surface area contributed by atoms with Gasteiger partial charge in [0.25, 0.3) is 0 Å². The Labute approximate surface area is 126 Å². The Bertz CT molecular complexity index is 491. The molecular weight excluding hydrogens is 268 g/mol. The first-order chi connectivity index (χ1) is 9.87. The highest BCUT2D eigenvalue weighted by Gasteiger charge is 2.25. The summed E-state index contributed by atoms with van der Waals surface area (Å²) in [7, 11) is 0. The van der Waals surface area contributed by atoms with Gasteiger partial charge in [0.05, 0.1) is 11.1 Å². The van der Waals surface area contributed by atoms with Crippen molar-refractivity contribution in [2.45, 2.75) is 58.5 Å². The van der Waals surface area contributed by atoms with Crippen LogP contribution in [0.3, 0.4) is 0 Å². The van der Waals surface area contributed by atoms with Crippen LogP contribution in [0.5, 0.6) is 0 Å². The Morgan fingerprint density at radius 3 is 2.29 bits per heavy atom. The van der Waals surface area contributed by atoms with Gasteiger partial charge in [-0.05, 0) is 38.8 Å². The molecule has 4 nitrogen and oxygen atoms in total. The van der Waals surface area contributed by atoms with Crippen LogP contribution >= 0.6 is 0 Å². The normalized spacial score (nSPS) is 11.2. The molecule has 0 saturated heterocycles. The lowest BCUT2D eigenvalue weighted by Crippen LogP contribution is -2.28. The van der Waals surface area contributed by atoms with Gasteiger partial charge in [0.15, 0.2) is 0 Å². The van der Waals surface area contributed by atoms with Crippen LogP contribution in [0, 0.1) is 0 Å². The second-order valence-electron chi connectivity index (χ2n) is 5.81. The summed E-state index contributed by atoms with van der Waals surface area (Å²) in [4.78, 5) is 23.3. The van der Waals surface area contributed by atoms with Gasteiger partial charge in [-0.3, -0.25) is 0 Å². The van der Waals surface area contributed by atoms with E-state index in [-0.39, 0.29) is 11.1 Å². The molecule has 0 heterocycles. The van der Waals surface area contributed by atoms with E-state index in [0.717, 1.165) is 25.7 Å². The predicted molar refractivity (Wildman–Crippen MR) is 81.7 cm³/mol. The number of carbonyl (C=O) groups excluding carboxylic acids is 1. The van der Waals surface area contributed by atoms with Gasteiger partial charge in [0, 0.05) is 0 Å². The molecule has 1 N–H and O–H groups in total. The zero-order valence-electron chi connectivity index (χ0n) is 13.0. The van der Waals surface area contributed by atoms with Crippen molar-refractivity contribution in [1.29, 1.82) is 0 Å². The predicted octanol–water partition coefficient (Wildman–Crippen LogP) is 4.29. The van der Waals surface area contributed by atoms with Crippen LogP contribution < -0.4 is 0 Å². The van der Waals surface area contributed by atoms with Crippen LogP contribution in [0.2, 0.25) is 0 Å². The maximum atomic E-state index is 12.2. The summed E-state index contributed by atoms with van der Waals surface area (Å²) in [5.74, 6) is -1.70. The van der Waals surface area contributed by atoms with E-state index >= 15 is 0 Å². The monoisotopic (exact) mass is 292 g/mol. The molecule has 0 aliphatic rings. The molecule has 116 valence electrons. The van der Waals surface area contributed by atoms with E-state index in [2.05, 4.69) is 6.92 Å². The minimum atomic E-state index is -1.12. The first-order valence-corrected chi connectivity index (χ1v) is 7.43. The SMILES string of the molecule is CCCCCCC(C)(C)OC(=O)c1ccccc1C(=O)O. The van der Waals surface area contributed by atoms with Crippen LogP contribution in [0.15, 0.2) is 24.3 Å². The highest BCUT2D eigenvalue weighted by atomic mass is 16.6. The standard InChI is InChI=1S/C17H24O4/c1-4-5-6-9-12-17(2,3)21-16(20)14-11-8-7-10-13(14)15(18)19/h7-8,10-11H,4-6,9,12H2,1-3H3,(H,18,19). The molecule has 0 fully saturated rings. The number of benzene rings is 1. The fraction of sp³-hybridized carbons (Fsp3) is 0.529. The number of carboxylic acid groups (broad SMARTS) is 1. The summed E-state index contributed by atoms with van der Waals surface area (Å²) in [6.45, 7) is 5.87. The third-order valence-electron chi connectivity index (χ3n) is 3.38. The summed E-state index contributed by atoms with van der Waals surface area (Å²) in [5, 5.41) is 9.11. The highest BCUT2D eigenvalue weighted by Crippen LogP contribution is 2.22. The van der Waals surface area contributed by atoms with Gasteiger partial charge in [-0.15, -0.1) is 0 Å². The van der Waals surface area contributed by atoms with Crippen LogP contribution in [-0.2, 0) is 4.74 Å². The van der Waals surface area contributed by atoms with Gasteiger partial charge in [-0.25, -0.2) is 9.59 Å². The largest absolute Gasteiger partial charge is 0.478 e. The molecule has 0 aromatic heterocycles. The Hall–Kier alpha value is -1.84. The lowest BCUT2D eigenvalue weighted by atomic mass is 9.99. The third kappa shape index (κ3) is 5.58. The number of hydrogen-bond acceptors (Lipinski definition) is 3. The second kappa shape index (κ2) is 7.81. The number of aromatic carboxylic acids is 1. The molecule has 0 spiro atoms. The maximum absolute atomic E-state index is 12.2. The summed E-state index contributed by atoms with van der Waals surface area (Å²) in [6.07, 6.45) is 5.21. The summed E-state index contributed by atoms with van der Waals surface area (Å²) in [5.41, 5.74) is -0.507. The number of ether oxygens (including phenoxy) is 1. The fourth-order valence-corrected chi connectivity index (χ4v) is 2.18. The smallest absolute Gasteiger partial charge is 0.339 e. The van der Waals surface area contributed by atoms with E-state index in [4.69, 9.17) is 9.84 Å². The van der Waals surface area contributed by atoms with Crippen LogP contribution in [-0.4, -0.2) is 22.6 Å². The zero-order chi connectivity index (χ0) is 15.9. The van der Waals surface area contributed by atoms with Crippen molar-refractivity contribution in [3.63, 3.8) is 0 Å². The Kier molecular flexibility index (Phi) is 6.40. The van der Waals surface area contributed by atoms with Gasteiger partial charge in [-0.1, -0.05) is 38.3 Å². The first-order valence-electron chi connectivity index (χ1n) is 7.43. The zero-order valence-corrected chi connectivity index (χ0v) is 13.0. The molecule has 0 bridgehead atoms. The Morgan fingerprint density at radius 2 is 1.71 bits per heavy atom. The van der Waals surface area contributed by atoms with E-state index in [1.807, 2.05) is 13.8 Å². The van der Waals surface area contributed by atoms with Crippen molar-refractivity contribution in [1.82, 2.24) is 0 Å². The molecular formula is C17H24O4. The van der Waals surface area contributed by atoms with Crippen molar-refractivity contribution < 1.29 is 19.4 Å². The average Bonchev–Trinajstić information content (AvgIpc) is 2.43. The average molecular weight is 292 g/mol. The Balaban J connectivity index is 2.69.